The number of sulfonamides is 1. The molecule has 2 unspecified atom stereocenters. The van der Waals surface area contributed by atoms with Gasteiger partial charge in [-0.05, 0) is 19.3 Å². The predicted molar refractivity (Wildman–Crippen MR) is 80.5 cm³/mol. The Labute approximate surface area is 118 Å². The second kappa shape index (κ2) is 8.93. The Morgan fingerprint density at radius 3 is 2.21 bits per heavy atom. The first-order chi connectivity index (χ1) is 9.04. The summed E-state index contributed by atoms with van der Waals surface area (Å²) in [5.41, 5.74) is 0. The Hall–Kier alpha value is -0.130. The largest absolute Gasteiger partial charge is 0.313 e. The highest BCUT2D eigenvalue weighted by atomic mass is 32.2. The van der Waals surface area contributed by atoms with E-state index in [9.17, 15) is 8.42 Å². The summed E-state index contributed by atoms with van der Waals surface area (Å²) in [4.78, 5) is 0. The standard InChI is InChI=1S/C14H30N2O2S/c1-2-3-4-5-6-7-8-9-13-10-11-14(12-16-13)19(15,17)18/h13-14,16H,2-12H2,1H3,(H2,15,17,18). The molecule has 2 atom stereocenters. The number of primary sulfonamides is 1. The average Bonchev–Trinajstić information content (AvgIpc) is 2.37. The Morgan fingerprint density at radius 2 is 1.68 bits per heavy atom. The Morgan fingerprint density at radius 1 is 1.05 bits per heavy atom. The summed E-state index contributed by atoms with van der Waals surface area (Å²) in [6.07, 6.45) is 12.1. The van der Waals surface area contributed by atoms with Crippen LogP contribution in [-0.4, -0.2) is 26.3 Å². The van der Waals surface area contributed by atoms with Gasteiger partial charge in [0.2, 0.25) is 10.0 Å². The molecule has 1 saturated heterocycles. The molecule has 1 fully saturated rings. The number of nitrogens with one attached hydrogen (secondary N) is 1. The van der Waals surface area contributed by atoms with Gasteiger partial charge in [0.05, 0.1) is 5.25 Å². The molecule has 4 nitrogen and oxygen atoms in total. The highest BCUT2D eigenvalue weighted by molar-refractivity contribution is 7.89. The van der Waals surface area contributed by atoms with Gasteiger partial charge in [0.25, 0.3) is 0 Å². The average molecular weight is 290 g/mol. The molecule has 0 saturated carbocycles. The number of rotatable bonds is 9. The molecule has 1 aliphatic rings. The Bertz CT molecular complexity index is 322. The summed E-state index contributed by atoms with van der Waals surface area (Å²) >= 11 is 0. The Kier molecular flexibility index (Phi) is 7.95. The molecule has 0 bridgehead atoms. The molecule has 0 amide bonds. The molecule has 3 N–H and O–H groups in total. The van der Waals surface area contributed by atoms with Crippen molar-refractivity contribution in [2.45, 2.75) is 82.4 Å². The lowest BCUT2D eigenvalue weighted by atomic mass is 9.98. The first kappa shape index (κ1) is 16.9. The van der Waals surface area contributed by atoms with Crippen LogP contribution in [0.15, 0.2) is 0 Å². The van der Waals surface area contributed by atoms with Crippen molar-refractivity contribution in [1.29, 1.82) is 0 Å². The molecule has 1 heterocycles. The van der Waals surface area contributed by atoms with E-state index in [2.05, 4.69) is 12.2 Å². The molecule has 0 radical (unpaired) electrons. The van der Waals surface area contributed by atoms with Crippen LogP contribution in [-0.2, 0) is 10.0 Å². The monoisotopic (exact) mass is 290 g/mol. The molecule has 0 aromatic heterocycles. The van der Waals surface area contributed by atoms with Crippen molar-refractivity contribution in [3.63, 3.8) is 0 Å². The SMILES string of the molecule is CCCCCCCCCC1CCC(S(N)(=O)=O)CN1. The zero-order valence-corrected chi connectivity index (χ0v) is 13.1. The zero-order valence-electron chi connectivity index (χ0n) is 12.2. The van der Waals surface area contributed by atoms with Gasteiger partial charge in [-0.15, -0.1) is 0 Å². The van der Waals surface area contributed by atoms with Crippen molar-refractivity contribution in [2.24, 2.45) is 5.14 Å². The van der Waals surface area contributed by atoms with Crippen molar-refractivity contribution < 1.29 is 8.42 Å². The molecule has 5 heteroatoms. The van der Waals surface area contributed by atoms with Gasteiger partial charge in [0, 0.05) is 12.6 Å². The zero-order chi connectivity index (χ0) is 14.1. The number of piperidine rings is 1. The second-order valence-corrected chi connectivity index (χ2v) is 7.65. The number of nitrogens with two attached hydrogens (primary N) is 1. The van der Waals surface area contributed by atoms with Crippen LogP contribution in [0.4, 0.5) is 0 Å². The van der Waals surface area contributed by atoms with Crippen molar-refractivity contribution >= 4 is 10.0 Å². The summed E-state index contributed by atoms with van der Waals surface area (Å²) in [5.74, 6) is 0. The maximum atomic E-state index is 11.2. The van der Waals surface area contributed by atoms with Gasteiger partial charge in [-0.1, -0.05) is 51.9 Å². The maximum absolute atomic E-state index is 11.2. The van der Waals surface area contributed by atoms with Crippen LogP contribution in [0, 0.1) is 0 Å². The van der Waals surface area contributed by atoms with E-state index in [1.165, 1.54) is 51.4 Å². The van der Waals surface area contributed by atoms with Crippen molar-refractivity contribution in [3.05, 3.63) is 0 Å². The van der Waals surface area contributed by atoms with Crippen LogP contribution in [0.25, 0.3) is 0 Å². The van der Waals surface area contributed by atoms with E-state index >= 15 is 0 Å². The third-order valence-corrected chi connectivity index (χ3v) is 5.42. The topological polar surface area (TPSA) is 72.2 Å². The lowest BCUT2D eigenvalue weighted by Crippen LogP contribution is -2.46. The molecule has 114 valence electrons. The smallest absolute Gasteiger partial charge is 0.213 e. The van der Waals surface area contributed by atoms with Crippen molar-refractivity contribution in [3.8, 4) is 0 Å². The van der Waals surface area contributed by atoms with E-state index in [1.54, 1.807) is 0 Å². The fourth-order valence-corrected chi connectivity index (χ4v) is 3.56. The van der Waals surface area contributed by atoms with Crippen molar-refractivity contribution in [1.82, 2.24) is 5.32 Å². The van der Waals surface area contributed by atoms with Gasteiger partial charge >= 0.3 is 0 Å². The van der Waals surface area contributed by atoms with E-state index in [4.69, 9.17) is 5.14 Å². The van der Waals surface area contributed by atoms with Gasteiger partial charge in [-0.3, -0.25) is 0 Å². The minimum absolute atomic E-state index is 0.377. The normalized spacial score (nSPS) is 24.5. The van der Waals surface area contributed by atoms with E-state index in [-0.39, 0.29) is 5.25 Å². The number of hydrogen-bond donors (Lipinski definition) is 2. The molecule has 1 rings (SSSR count). The van der Waals surface area contributed by atoms with E-state index in [1.807, 2.05) is 0 Å². The second-order valence-electron chi connectivity index (χ2n) is 5.80. The van der Waals surface area contributed by atoms with Gasteiger partial charge in [0.15, 0.2) is 0 Å². The predicted octanol–water partition coefficient (Wildman–Crippen LogP) is 2.54. The van der Waals surface area contributed by atoms with Gasteiger partial charge in [-0.2, -0.15) is 0 Å². The summed E-state index contributed by atoms with van der Waals surface area (Å²) in [6.45, 7) is 2.77. The lowest BCUT2D eigenvalue weighted by Gasteiger charge is -2.28. The number of hydrogen-bond acceptors (Lipinski definition) is 3. The molecule has 19 heavy (non-hydrogen) atoms. The molecule has 0 aromatic rings. The minimum atomic E-state index is -3.35. The fourth-order valence-electron chi connectivity index (χ4n) is 2.76. The molecule has 0 aliphatic carbocycles. The van der Waals surface area contributed by atoms with Crippen LogP contribution in [0.2, 0.25) is 0 Å². The van der Waals surface area contributed by atoms with E-state index in [0.29, 0.717) is 19.0 Å². The third kappa shape index (κ3) is 7.28. The first-order valence-corrected chi connectivity index (χ1v) is 9.40. The van der Waals surface area contributed by atoms with Crippen LogP contribution >= 0.6 is 0 Å². The van der Waals surface area contributed by atoms with Crippen molar-refractivity contribution in [2.75, 3.05) is 6.54 Å². The summed E-state index contributed by atoms with van der Waals surface area (Å²) in [6, 6.07) is 0.494. The first-order valence-electron chi connectivity index (χ1n) is 7.79. The van der Waals surface area contributed by atoms with E-state index < -0.39 is 10.0 Å². The molecule has 1 aliphatic heterocycles. The van der Waals surface area contributed by atoms with Gasteiger partial charge in [0.1, 0.15) is 0 Å². The summed E-state index contributed by atoms with van der Waals surface area (Å²) < 4.78 is 22.4. The Balaban J connectivity index is 2.01. The van der Waals surface area contributed by atoms with E-state index in [0.717, 1.165) is 6.42 Å². The molecule has 0 aromatic carbocycles. The van der Waals surface area contributed by atoms with Crippen LogP contribution in [0.1, 0.15) is 71.1 Å². The molecular weight excluding hydrogens is 260 g/mol. The highest BCUT2D eigenvalue weighted by Crippen LogP contribution is 2.18. The van der Waals surface area contributed by atoms with Crippen LogP contribution in [0.3, 0.4) is 0 Å². The van der Waals surface area contributed by atoms with Crippen LogP contribution < -0.4 is 10.5 Å². The van der Waals surface area contributed by atoms with Crippen LogP contribution in [0.5, 0.6) is 0 Å². The fraction of sp³-hybridized carbons (Fsp3) is 1.00. The van der Waals surface area contributed by atoms with Gasteiger partial charge < -0.3 is 5.32 Å². The highest BCUT2D eigenvalue weighted by Gasteiger charge is 2.27. The molecular formula is C14H30N2O2S. The lowest BCUT2D eigenvalue weighted by molar-refractivity contribution is 0.368. The third-order valence-electron chi connectivity index (χ3n) is 4.09. The van der Waals surface area contributed by atoms with Gasteiger partial charge in [-0.25, -0.2) is 13.6 Å². The number of unbranched alkanes of at least 4 members (excludes halogenated alkanes) is 6. The summed E-state index contributed by atoms with van der Waals surface area (Å²) in [7, 11) is -3.35. The quantitative estimate of drug-likeness (QED) is 0.641. The minimum Gasteiger partial charge on any atom is -0.313 e. The molecule has 0 spiro atoms. The maximum Gasteiger partial charge on any atom is 0.213 e. The summed E-state index contributed by atoms with van der Waals surface area (Å²) in [5, 5.41) is 8.12.